The maximum absolute atomic E-state index is 11.9. The number of Topliss-reactive ketones (excluding diaryl/α,β-unsaturated/α-hetero) is 2. The number of thiophene rings is 2. The first-order chi connectivity index (χ1) is 15.4. The van der Waals surface area contributed by atoms with Crippen LogP contribution < -0.4 is 43.1 Å². The van der Waals surface area contributed by atoms with Crippen LogP contribution in [0.5, 0.6) is 0 Å². The van der Waals surface area contributed by atoms with Gasteiger partial charge >= 0.3 is 0 Å². The molecule has 0 aliphatic rings. The average Bonchev–Trinajstić information content (AvgIpc) is 3.58. The fraction of sp³-hybridized carbons (Fsp3) is 0.304. The third-order valence-electron chi connectivity index (χ3n) is 5.01. The molecule has 0 aromatic carbocycles. The van der Waals surface area contributed by atoms with E-state index in [0.717, 1.165) is 20.3 Å². The minimum Gasteiger partial charge on any atom is -1.00 e. The van der Waals surface area contributed by atoms with Crippen LogP contribution in [0.1, 0.15) is 40.5 Å². The molecule has 0 aliphatic heterocycles. The fourth-order valence-corrected chi connectivity index (χ4v) is 6.06. The molecule has 5 nitrogen and oxygen atoms in total. The fourth-order valence-electron chi connectivity index (χ4n) is 2.95. The standard InChI is InChI=1S/C12H14NO2S2.C11H12NOS2.2BrH/c1-9-11(4-5-14)17-8-13(9)7-10(15)12-3-2-6-16-12;1-8-9(2)15-7-12(8)6-10(13)11-4-3-5-14-11;;/h2-3,6,8,14H,4-5,7H2,1H3;3-5,7H,6H2,1-2H3;2*1H/q2*+1;;/p-2. The van der Waals surface area contributed by atoms with Crippen molar-refractivity contribution in [3.8, 4) is 0 Å². The molecule has 0 atom stereocenters. The maximum atomic E-state index is 11.9. The summed E-state index contributed by atoms with van der Waals surface area (Å²) < 4.78 is 3.97. The molecular formula is C23H26Br2N2O3S4. The summed E-state index contributed by atoms with van der Waals surface area (Å²) in [6.45, 7) is 7.11. The molecular weight excluding hydrogens is 640 g/mol. The number of carbonyl (C=O) groups excluding carboxylic acids is 2. The summed E-state index contributed by atoms with van der Waals surface area (Å²) in [6.07, 6.45) is 0.663. The third kappa shape index (κ3) is 8.25. The monoisotopic (exact) mass is 664 g/mol. The number of ketones is 2. The van der Waals surface area contributed by atoms with Gasteiger partial charge in [0, 0.05) is 26.9 Å². The first-order valence-electron chi connectivity index (χ1n) is 10.1. The summed E-state index contributed by atoms with van der Waals surface area (Å²) in [5.74, 6) is 0.331. The van der Waals surface area contributed by atoms with Gasteiger partial charge in [0.05, 0.1) is 19.5 Å². The lowest BCUT2D eigenvalue weighted by Crippen LogP contribution is -3.00. The molecule has 4 heterocycles. The van der Waals surface area contributed by atoms with Crippen LogP contribution in [0, 0.1) is 20.8 Å². The number of thiazole rings is 2. The number of aliphatic hydroxyl groups is 1. The van der Waals surface area contributed by atoms with Gasteiger partial charge in [-0.1, -0.05) is 34.8 Å². The second kappa shape index (κ2) is 15.1. The Kier molecular flexibility index (Phi) is 13.8. The van der Waals surface area contributed by atoms with Crippen LogP contribution >= 0.6 is 45.3 Å². The predicted molar refractivity (Wildman–Crippen MR) is 131 cm³/mol. The van der Waals surface area contributed by atoms with Crippen molar-refractivity contribution in [3.05, 3.63) is 76.9 Å². The van der Waals surface area contributed by atoms with E-state index >= 15 is 0 Å². The molecule has 184 valence electrons. The van der Waals surface area contributed by atoms with E-state index < -0.39 is 0 Å². The van der Waals surface area contributed by atoms with Crippen molar-refractivity contribution >= 4 is 56.9 Å². The molecule has 34 heavy (non-hydrogen) atoms. The first kappa shape index (κ1) is 31.0. The molecule has 0 amide bonds. The highest BCUT2D eigenvalue weighted by Gasteiger charge is 2.20. The second-order valence-electron chi connectivity index (χ2n) is 7.13. The van der Waals surface area contributed by atoms with Crippen LogP contribution in [0.3, 0.4) is 0 Å². The van der Waals surface area contributed by atoms with Crippen molar-refractivity contribution in [3.63, 3.8) is 0 Å². The van der Waals surface area contributed by atoms with Gasteiger partial charge < -0.3 is 39.1 Å². The summed E-state index contributed by atoms with van der Waals surface area (Å²) in [7, 11) is 0. The van der Waals surface area contributed by atoms with Crippen molar-refractivity contribution < 1.29 is 57.8 Å². The molecule has 4 aromatic rings. The lowest BCUT2D eigenvalue weighted by molar-refractivity contribution is -0.684. The number of aryl methyl sites for hydroxylation is 1. The van der Waals surface area contributed by atoms with Gasteiger partial charge in [-0.15, -0.1) is 22.7 Å². The number of aromatic nitrogens is 2. The van der Waals surface area contributed by atoms with E-state index in [4.69, 9.17) is 5.11 Å². The van der Waals surface area contributed by atoms with Crippen molar-refractivity contribution in [1.29, 1.82) is 0 Å². The molecule has 0 aliphatic carbocycles. The highest BCUT2D eigenvalue weighted by molar-refractivity contribution is 7.12. The second-order valence-corrected chi connectivity index (χ2v) is 11.0. The Hall–Kier alpha value is -1.08. The highest BCUT2D eigenvalue weighted by Crippen LogP contribution is 2.14. The van der Waals surface area contributed by atoms with Crippen molar-refractivity contribution in [2.45, 2.75) is 40.3 Å². The number of aliphatic hydroxyl groups excluding tert-OH is 1. The number of carbonyl (C=O) groups is 2. The molecule has 0 saturated carbocycles. The van der Waals surface area contributed by atoms with Gasteiger partial charge in [-0.2, -0.15) is 9.13 Å². The van der Waals surface area contributed by atoms with E-state index in [-0.39, 0.29) is 52.1 Å². The third-order valence-corrected chi connectivity index (χ3v) is 8.99. The van der Waals surface area contributed by atoms with E-state index in [1.54, 1.807) is 22.7 Å². The smallest absolute Gasteiger partial charge is 0.237 e. The Bertz CT molecular complexity index is 1170. The van der Waals surface area contributed by atoms with Crippen LogP contribution in [0.25, 0.3) is 0 Å². The van der Waals surface area contributed by atoms with E-state index in [1.165, 1.54) is 33.2 Å². The Labute approximate surface area is 236 Å². The number of halogens is 2. The van der Waals surface area contributed by atoms with E-state index in [0.29, 0.717) is 19.5 Å². The van der Waals surface area contributed by atoms with Crippen LogP contribution in [0.2, 0.25) is 0 Å². The van der Waals surface area contributed by atoms with Gasteiger partial charge in [0.2, 0.25) is 35.7 Å². The van der Waals surface area contributed by atoms with Crippen LogP contribution in [0.4, 0.5) is 0 Å². The molecule has 0 bridgehead atoms. The van der Waals surface area contributed by atoms with Crippen LogP contribution in [-0.4, -0.2) is 23.3 Å². The normalized spacial score (nSPS) is 10.0. The van der Waals surface area contributed by atoms with Gasteiger partial charge in [0.25, 0.3) is 0 Å². The van der Waals surface area contributed by atoms with Gasteiger partial charge in [-0.25, -0.2) is 0 Å². The summed E-state index contributed by atoms with van der Waals surface area (Å²) in [5.41, 5.74) is 6.22. The maximum Gasteiger partial charge on any atom is 0.237 e. The zero-order chi connectivity index (χ0) is 23.1. The molecule has 11 heteroatoms. The summed E-state index contributed by atoms with van der Waals surface area (Å²) >= 11 is 6.26. The first-order valence-corrected chi connectivity index (χ1v) is 13.6. The molecule has 0 fully saturated rings. The van der Waals surface area contributed by atoms with Crippen molar-refractivity contribution in [2.75, 3.05) is 6.61 Å². The minimum atomic E-state index is 0. The van der Waals surface area contributed by atoms with E-state index in [9.17, 15) is 9.59 Å². The molecule has 0 radical (unpaired) electrons. The van der Waals surface area contributed by atoms with Gasteiger partial charge in [0.1, 0.15) is 0 Å². The number of rotatable bonds is 8. The predicted octanol–water partition coefficient (Wildman–Crippen LogP) is -1.57. The van der Waals surface area contributed by atoms with Gasteiger partial charge in [-0.3, -0.25) is 9.59 Å². The zero-order valence-corrected chi connectivity index (χ0v) is 25.4. The van der Waals surface area contributed by atoms with E-state index in [1.807, 2.05) is 69.0 Å². The molecule has 4 aromatic heterocycles. The number of hydrogen-bond donors (Lipinski definition) is 1. The summed E-state index contributed by atoms with van der Waals surface area (Å²) in [4.78, 5) is 27.8. The Morgan fingerprint density at radius 2 is 1.29 bits per heavy atom. The van der Waals surface area contributed by atoms with Gasteiger partial charge in [0.15, 0.2) is 11.4 Å². The largest absolute Gasteiger partial charge is 1.00 e. The molecule has 0 spiro atoms. The van der Waals surface area contributed by atoms with Crippen molar-refractivity contribution in [2.24, 2.45) is 0 Å². The van der Waals surface area contributed by atoms with E-state index in [2.05, 4.69) is 6.92 Å². The SMILES string of the molecule is Cc1c(CCO)sc[n+]1CC(=O)c1cccs1.Cc1sc[n+](CC(=O)c2cccs2)c1C.[Br-].[Br-]. The number of hydrogen-bond acceptors (Lipinski definition) is 7. The molecule has 0 saturated heterocycles. The number of nitrogens with zero attached hydrogens (tertiary/aromatic N) is 2. The van der Waals surface area contributed by atoms with Gasteiger partial charge in [-0.05, 0) is 29.8 Å². The molecule has 1 N–H and O–H groups in total. The zero-order valence-electron chi connectivity index (χ0n) is 19.0. The average molecular weight is 667 g/mol. The highest BCUT2D eigenvalue weighted by atomic mass is 79.9. The molecule has 0 unspecified atom stereocenters. The minimum absolute atomic E-state index is 0. The summed E-state index contributed by atoms with van der Waals surface area (Å²) in [6, 6.07) is 7.53. The quantitative estimate of drug-likeness (QED) is 0.183. The Morgan fingerprint density at radius 3 is 1.71 bits per heavy atom. The van der Waals surface area contributed by atoms with Crippen LogP contribution in [-0.2, 0) is 19.5 Å². The van der Waals surface area contributed by atoms with Crippen LogP contribution in [0.15, 0.2) is 46.0 Å². The lowest BCUT2D eigenvalue weighted by Gasteiger charge is -1.95. The molecule has 4 rings (SSSR count). The Balaban J connectivity index is 0.000000323. The topological polar surface area (TPSA) is 62.1 Å². The Morgan fingerprint density at radius 1 is 0.794 bits per heavy atom. The van der Waals surface area contributed by atoms with Crippen molar-refractivity contribution in [1.82, 2.24) is 0 Å². The lowest BCUT2D eigenvalue weighted by atomic mass is 10.3. The summed E-state index contributed by atoms with van der Waals surface area (Å²) in [5, 5.41) is 12.8.